The van der Waals surface area contributed by atoms with Gasteiger partial charge in [0, 0.05) is 23.6 Å². The molecule has 0 radical (unpaired) electrons. The Labute approximate surface area is 99.9 Å². The molecule has 0 aliphatic carbocycles. The van der Waals surface area contributed by atoms with Gasteiger partial charge < -0.3 is 15.0 Å². The average Bonchev–Trinajstić information content (AvgIpc) is 2.64. The first kappa shape index (κ1) is 11.7. The number of nitrogens with one attached hydrogen (secondary N) is 1. The van der Waals surface area contributed by atoms with Crippen LogP contribution in [0.5, 0.6) is 0 Å². The molecule has 4 nitrogen and oxygen atoms in total. The van der Waals surface area contributed by atoms with Crippen LogP contribution < -0.4 is 4.90 Å². The van der Waals surface area contributed by atoms with Crippen molar-refractivity contribution < 1.29 is 9.90 Å². The molecular weight excluding hydrogens is 216 g/mol. The Morgan fingerprint density at radius 1 is 1.41 bits per heavy atom. The molecule has 0 saturated carbocycles. The number of hydrogen-bond acceptors (Lipinski definition) is 2. The number of aryl methyl sites for hydroxylation is 1. The van der Waals surface area contributed by atoms with E-state index in [1.54, 1.807) is 11.9 Å². The Morgan fingerprint density at radius 3 is 2.82 bits per heavy atom. The van der Waals surface area contributed by atoms with Crippen LogP contribution in [0.4, 0.5) is 5.69 Å². The van der Waals surface area contributed by atoms with Gasteiger partial charge in [-0.25, -0.2) is 0 Å². The van der Waals surface area contributed by atoms with Crippen molar-refractivity contribution >= 4 is 22.5 Å². The molecule has 0 aliphatic rings. The van der Waals surface area contributed by atoms with E-state index in [1.807, 2.05) is 31.2 Å². The maximum absolute atomic E-state index is 11.8. The third-order valence-corrected chi connectivity index (χ3v) is 2.89. The van der Waals surface area contributed by atoms with Gasteiger partial charge in [0.25, 0.3) is 0 Å². The number of carbonyl (C=O) groups is 1. The molecule has 0 aliphatic heterocycles. The number of fused-ring (bicyclic) bond motifs is 1. The van der Waals surface area contributed by atoms with E-state index >= 15 is 0 Å². The predicted molar refractivity (Wildman–Crippen MR) is 68.1 cm³/mol. The zero-order valence-electron chi connectivity index (χ0n) is 10.0. The first-order valence-electron chi connectivity index (χ1n) is 5.60. The number of rotatable bonds is 3. The zero-order valence-corrected chi connectivity index (χ0v) is 10.0. The Kier molecular flexibility index (Phi) is 3.15. The van der Waals surface area contributed by atoms with Crippen LogP contribution in [0.3, 0.4) is 0 Å². The number of aromatic nitrogens is 1. The van der Waals surface area contributed by atoms with Crippen molar-refractivity contribution in [2.24, 2.45) is 0 Å². The first-order valence-corrected chi connectivity index (χ1v) is 5.60. The van der Waals surface area contributed by atoms with E-state index in [-0.39, 0.29) is 18.9 Å². The first-order chi connectivity index (χ1) is 8.15. The van der Waals surface area contributed by atoms with Crippen LogP contribution in [0.2, 0.25) is 0 Å². The van der Waals surface area contributed by atoms with Crippen molar-refractivity contribution in [3.05, 3.63) is 30.0 Å². The van der Waals surface area contributed by atoms with Crippen molar-refractivity contribution in [2.75, 3.05) is 18.6 Å². The smallest absolute Gasteiger partial charge is 0.229 e. The standard InChI is InChI=1S/C13H16N2O2/c1-9-13(15(2)12(17)7-8-16)10-5-3-4-6-11(10)14-9/h3-6,14,16H,7-8H2,1-2H3. The van der Waals surface area contributed by atoms with Crippen molar-refractivity contribution in [2.45, 2.75) is 13.3 Å². The summed E-state index contributed by atoms with van der Waals surface area (Å²) in [7, 11) is 1.74. The molecule has 0 unspecified atom stereocenters. The Balaban J connectivity index is 2.47. The highest BCUT2D eigenvalue weighted by Gasteiger charge is 2.16. The molecule has 0 saturated heterocycles. The van der Waals surface area contributed by atoms with E-state index in [4.69, 9.17) is 5.11 Å². The average molecular weight is 232 g/mol. The van der Waals surface area contributed by atoms with Crippen LogP contribution in [0.15, 0.2) is 24.3 Å². The topological polar surface area (TPSA) is 56.3 Å². The number of aromatic amines is 1. The van der Waals surface area contributed by atoms with Crippen LogP contribution in [-0.4, -0.2) is 29.7 Å². The van der Waals surface area contributed by atoms with Gasteiger partial charge in [-0.2, -0.15) is 0 Å². The largest absolute Gasteiger partial charge is 0.396 e. The summed E-state index contributed by atoms with van der Waals surface area (Å²) < 4.78 is 0. The van der Waals surface area contributed by atoms with Crippen LogP contribution in [-0.2, 0) is 4.79 Å². The van der Waals surface area contributed by atoms with E-state index in [1.165, 1.54) is 0 Å². The molecule has 4 heteroatoms. The molecule has 0 bridgehead atoms. The van der Waals surface area contributed by atoms with Crippen molar-refractivity contribution in [1.82, 2.24) is 4.98 Å². The maximum Gasteiger partial charge on any atom is 0.229 e. The molecule has 0 spiro atoms. The molecular formula is C13H16N2O2. The number of aliphatic hydroxyl groups excluding tert-OH is 1. The fourth-order valence-corrected chi connectivity index (χ4v) is 2.08. The second kappa shape index (κ2) is 4.59. The Morgan fingerprint density at radius 2 is 2.12 bits per heavy atom. The van der Waals surface area contributed by atoms with Gasteiger partial charge in [-0.15, -0.1) is 0 Å². The lowest BCUT2D eigenvalue weighted by atomic mass is 10.2. The second-order valence-electron chi connectivity index (χ2n) is 4.07. The third-order valence-electron chi connectivity index (χ3n) is 2.89. The lowest BCUT2D eigenvalue weighted by molar-refractivity contribution is -0.118. The molecule has 2 N–H and O–H groups in total. The summed E-state index contributed by atoms with van der Waals surface area (Å²) in [5, 5.41) is 9.84. The highest BCUT2D eigenvalue weighted by atomic mass is 16.3. The number of hydrogen-bond donors (Lipinski definition) is 2. The monoisotopic (exact) mass is 232 g/mol. The van der Waals surface area contributed by atoms with Gasteiger partial charge in [-0.3, -0.25) is 4.79 Å². The van der Waals surface area contributed by atoms with E-state index in [0.29, 0.717) is 0 Å². The molecule has 1 amide bonds. The fraction of sp³-hybridized carbons (Fsp3) is 0.308. The van der Waals surface area contributed by atoms with E-state index in [2.05, 4.69) is 4.98 Å². The summed E-state index contributed by atoms with van der Waals surface area (Å²) in [5.41, 5.74) is 2.86. The van der Waals surface area contributed by atoms with E-state index < -0.39 is 0 Å². The fourth-order valence-electron chi connectivity index (χ4n) is 2.08. The summed E-state index contributed by atoms with van der Waals surface area (Å²) in [6.07, 6.45) is 0.148. The van der Waals surface area contributed by atoms with Crippen LogP contribution in [0.25, 0.3) is 10.9 Å². The highest BCUT2D eigenvalue weighted by molar-refractivity contribution is 6.04. The quantitative estimate of drug-likeness (QED) is 0.848. The molecule has 1 heterocycles. The Hall–Kier alpha value is -1.81. The van der Waals surface area contributed by atoms with Gasteiger partial charge in [0.2, 0.25) is 5.91 Å². The predicted octanol–water partition coefficient (Wildman–Crippen LogP) is 1.82. The second-order valence-corrected chi connectivity index (χ2v) is 4.07. The van der Waals surface area contributed by atoms with Crippen LogP contribution in [0.1, 0.15) is 12.1 Å². The van der Waals surface area contributed by atoms with Gasteiger partial charge in [-0.05, 0) is 13.0 Å². The number of nitrogens with zero attached hydrogens (tertiary/aromatic N) is 1. The van der Waals surface area contributed by atoms with Gasteiger partial charge in [0.1, 0.15) is 0 Å². The minimum atomic E-state index is -0.120. The van der Waals surface area contributed by atoms with Gasteiger partial charge >= 0.3 is 0 Å². The maximum atomic E-state index is 11.8. The minimum absolute atomic E-state index is 0.0830. The highest BCUT2D eigenvalue weighted by Crippen LogP contribution is 2.30. The molecule has 1 aromatic heterocycles. The Bertz CT molecular complexity index is 545. The van der Waals surface area contributed by atoms with Crippen LogP contribution >= 0.6 is 0 Å². The number of benzene rings is 1. The normalized spacial score (nSPS) is 10.8. The molecule has 90 valence electrons. The van der Waals surface area contributed by atoms with Crippen LogP contribution in [0, 0.1) is 6.92 Å². The van der Waals surface area contributed by atoms with Crippen molar-refractivity contribution in [3.8, 4) is 0 Å². The van der Waals surface area contributed by atoms with E-state index in [9.17, 15) is 4.79 Å². The minimum Gasteiger partial charge on any atom is -0.396 e. The van der Waals surface area contributed by atoms with Gasteiger partial charge in [-0.1, -0.05) is 18.2 Å². The summed E-state index contributed by atoms with van der Waals surface area (Å²) >= 11 is 0. The lowest BCUT2D eigenvalue weighted by Gasteiger charge is -2.17. The molecule has 1 aromatic carbocycles. The lowest BCUT2D eigenvalue weighted by Crippen LogP contribution is -2.27. The molecule has 0 fully saturated rings. The molecule has 2 aromatic rings. The van der Waals surface area contributed by atoms with Crippen molar-refractivity contribution in [3.63, 3.8) is 0 Å². The van der Waals surface area contributed by atoms with Gasteiger partial charge in [0.15, 0.2) is 0 Å². The number of amides is 1. The third kappa shape index (κ3) is 2.03. The number of carbonyl (C=O) groups excluding carboxylic acids is 1. The number of anilines is 1. The summed E-state index contributed by atoms with van der Waals surface area (Å²) in [6.45, 7) is 1.82. The molecule has 17 heavy (non-hydrogen) atoms. The molecule has 2 rings (SSSR count). The summed E-state index contributed by atoms with van der Waals surface area (Å²) in [4.78, 5) is 16.6. The van der Waals surface area contributed by atoms with E-state index in [0.717, 1.165) is 22.3 Å². The zero-order chi connectivity index (χ0) is 12.4. The number of H-pyrrole nitrogens is 1. The van der Waals surface area contributed by atoms with Crippen molar-refractivity contribution in [1.29, 1.82) is 0 Å². The van der Waals surface area contributed by atoms with Gasteiger partial charge in [0.05, 0.1) is 18.7 Å². The SMILES string of the molecule is Cc1[nH]c2ccccc2c1N(C)C(=O)CCO. The number of aliphatic hydroxyl groups is 1. The molecule has 0 atom stereocenters. The summed E-state index contributed by atoms with van der Waals surface area (Å²) in [6, 6.07) is 7.87. The number of para-hydroxylation sites is 1. The summed E-state index contributed by atoms with van der Waals surface area (Å²) in [5.74, 6) is -0.0830.